The second kappa shape index (κ2) is 10.0. The van der Waals surface area contributed by atoms with Gasteiger partial charge in [0.15, 0.2) is 0 Å². The number of carbonyl (C=O) groups is 1. The zero-order chi connectivity index (χ0) is 31.5. The summed E-state index contributed by atoms with van der Waals surface area (Å²) in [6.07, 6.45) is 5.46. The van der Waals surface area contributed by atoms with Crippen LogP contribution in [0.4, 0.5) is 0 Å². The highest BCUT2D eigenvalue weighted by Gasteiger charge is 2.69. The summed E-state index contributed by atoms with van der Waals surface area (Å²) in [4.78, 5) is 14.3. The average molecular weight is 603 g/mol. The molecule has 5 fully saturated rings. The van der Waals surface area contributed by atoms with Crippen molar-refractivity contribution in [2.75, 3.05) is 0 Å². The highest BCUT2D eigenvalue weighted by atomic mass is 16.7. The zero-order valence-electron chi connectivity index (χ0n) is 27.9. The molecule has 0 aromatic rings. The van der Waals surface area contributed by atoms with Crippen molar-refractivity contribution >= 4 is 5.97 Å². The van der Waals surface area contributed by atoms with Crippen molar-refractivity contribution in [3.8, 4) is 0 Å². The lowest BCUT2D eigenvalue weighted by Crippen LogP contribution is -2.65. The van der Waals surface area contributed by atoms with E-state index in [2.05, 4.69) is 54.5 Å². The highest BCUT2D eigenvalue weighted by molar-refractivity contribution is 5.79. The minimum Gasteiger partial charge on any atom is -0.432 e. The lowest BCUT2D eigenvalue weighted by molar-refractivity contribution is -0.290. The van der Waals surface area contributed by atoms with E-state index >= 15 is 0 Å². The molecule has 0 unspecified atom stereocenters. The molecule has 1 saturated heterocycles. The van der Waals surface area contributed by atoms with Crippen LogP contribution in [-0.4, -0.2) is 63.2 Å². The van der Waals surface area contributed by atoms with Gasteiger partial charge in [-0.1, -0.05) is 60.1 Å². The highest BCUT2D eigenvalue weighted by Crippen LogP contribution is 2.75. The Labute approximate surface area is 258 Å². The Hall–Kier alpha value is -0.990. The van der Waals surface area contributed by atoms with Gasteiger partial charge in [0.2, 0.25) is 6.29 Å². The molecule has 7 heteroatoms. The van der Waals surface area contributed by atoms with Crippen molar-refractivity contribution < 1.29 is 34.7 Å². The van der Waals surface area contributed by atoms with Gasteiger partial charge in [-0.05, 0) is 116 Å². The van der Waals surface area contributed by atoms with E-state index in [0.717, 1.165) is 64.2 Å². The van der Waals surface area contributed by atoms with Crippen LogP contribution in [0, 0.1) is 50.2 Å². The van der Waals surface area contributed by atoms with Gasteiger partial charge < -0.3 is 29.9 Å². The molecule has 0 aromatic heterocycles. The van der Waals surface area contributed by atoms with Crippen molar-refractivity contribution in [1.82, 2.24) is 0 Å². The van der Waals surface area contributed by atoms with E-state index in [4.69, 9.17) is 9.47 Å². The first-order chi connectivity index (χ1) is 19.8. The summed E-state index contributed by atoms with van der Waals surface area (Å²) >= 11 is 0. The topological polar surface area (TPSA) is 116 Å². The first-order valence-electron chi connectivity index (χ1n) is 17.1. The van der Waals surface area contributed by atoms with Crippen LogP contribution in [0.15, 0.2) is 11.6 Å². The SMILES string of the molecule is C[C@@H]1O[C@@H](OC(=O)[C@]23CCC(C)(C)C[C@H]2C2=CC[C@@H]4[C@@]5(C)CC[C@H](O)C(C)(C)[C@@H]5CC[C@@]4(C)[C@]2(C)CC3)[C@H](O)[C@H](O)[C@H]1O. The first kappa shape index (κ1) is 32.0. The number of esters is 1. The van der Waals surface area contributed by atoms with Crippen molar-refractivity contribution in [2.45, 2.75) is 156 Å². The van der Waals surface area contributed by atoms with E-state index in [9.17, 15) is 25.2 Å². The fourth-order valence-corrected chi connectivity index (χ4v) is 11.9. The Morgan fingerprint density at radius 2 is 1.51 bits per heavy atom. The molecule has 5 aliphatic carbocycles. The van der Waals surface area contributed by atoms with Gasteiger partial charge in [-0.25, -0.2) is 0 Å². The molecule has 1 aliphatic heterocycles. The minimum absolute atomic E-state index is 0.0400. The quantitative estimate of drug-likeness (QED) is 0.243. The molecule has 6 aliphatic rings. The van der Waals surface area contributed by atoms with E-state index in [1.165, 1.54) is 5.57 Å². The van der Waals surface area contributed by atoms with E-state index in [0.29, 0.717) is 11.8 Å². The summed E-state index contributed by atoms with van der Waals surface area (Å²) in [7, 11) is 0. The van der Waals surface area contributed by atoms with Gasteiger partial charge >= 0.3 is 5.97 Å². The molecule has 0 radical (unpaired) electrons. The van der Waals surface area contributed by atoms with Crippen molar-refractivity contribution in [3.05, 3.63) is 11.6 Å². The summed E-state index contributed by atoms with van der Waals surface area (Å²) < 4.78 is 11.7. The molecule has 7 nitrogen and oxygen atoms in total. The van der Waals surface area contributed by atoms with Crippen LogP contribution in [0.1, 0.15) is 120 Å². The molecule has 0 amide bonds. The summed E-state index contributed by atoms with van der Waals surface area (Å²) in [6.45, 7) is 18.4. The number of hydrogen-bond acceptors (Lipinski definition) is 7. The number of rotatable bonds is 2. The zero-order valence-corrected chi connectivity index (χ0v) is 27.9. The lowest BCUT2D eigenvalue weighted by atomic mass is 9.33. The third-order valence-electron chi connectivity index (χ3n) is 15.1. The number of aliphatic hydroxyl groups is 4. The van der Waals surface area contributed by atoms with Gasteiger partial charge in [0.1, 0.15) is 18.3 Å². The standard InChI is InChI=1S/C36H58O7/c1-20-26(38)27(39)28(40)29(42-20)43-30(41)36-17-15-31(2,3)19-22(36)21-9-10-24-33(6)13-12-25(37)32(4,5)23(33)11-14-35(24,8)34(21,7)16-18-36/h9,20,22-29,37-40H,10-19H2,1-8H3/t20-,22-,23-,24+,25-,26-,27+,28+,29-,33-,34+,35+,36-/m0/s1. The molecule has 244 valence electrons. The Kier molecular flexibility index (Phi) is 7.44. The predicted molar refractivity (Wildman–Crippen MR) is 163 cm³/mol. The van der Waals surface area contributed by atoms with Crippen LogP contribution < -0.4 is 0 Å². The monoisotopic (exact) mass is 602 g/mol. The fraction of sp³-hybridized carbons (Fsp3) is 0.917. The summed E-state index contributed by atoms with van der Waals surface area (Å²) in [5, 5.41) is 42.3. The van der Waals surface area contributed by atoms with Gasteiger partial charge in [-0.15, -0.1) is 0 Å². The molecule has 6 rings (SSSR count). The second-order valence-electron chi connectivity index (χ2n) is 17.8. The van der Waals surface area contributed by atoms with Gasteiger partial charge in [-0.3, -0.25) is 4.79 Å². The largest absolute Gasteiger partial charge is 0.432 e. The summed E-state index contributed by atoms with van der Waals surface area (Å²) in [5.74, 6) is 0.728. The van der Waals surface area contributed by atoms with Crippen molar-refractivity contribution in [3.63, 3.8) is 0 Å². The number of carbonyl (C=O) groups excluding carboxylic acids is 1. The van der Waals surface area contributed by atoms with Crippen molar-refractivity contribution in [2.24, 2.45) is 50.2 Å². The van der Waals surface area contributed by atoms with Gasteiger partial charge in [0, 0.05) is 0 Å². The Balaban J connectivity index is 1.36. The molecule has 1 heterocycles. The Morgan fingerprint density at radius 3 is 2.21 bits per heavy atom. The van der Waals surface area contributed by atoms with E-state index in [-0.39, 0.29) is 45.1 Å². The van der Waals surface area contributed by atoms with Crippen molar-refractivity contribution in [1.29, 1.82) is 0 Å². The minimum atomic E-state index is -1.50. The number of aliphatic hydroxyl groups excluding tert-OH is 4. The molecule has 43 heavy (non-hydrogen) atoms. The van der Waals surface area contributed by atoms with Gasteiger partial charge in [0.05, 0.1) is 17.6 Å². The van der Waals surface area contributed by atoms with E-state index in [1.54, 1.807) is 6.92 Å². The molecular weight excluding hydrogens is 544 g/mol. The average Bonchev–Trinajstić information content (AvgIpc) is 2.93. The Morgan fingerprint density at radius 1 is 0.837 bits per heavy atom. The second-order valence-corrected chi connectivity index (χ2v) is 17.8. The maximum Gasteiger partial charge on any atom is 0.315 e. The molecule has 4 saturated carbocycles. The van der Waals surface area contributed by atoms with Crippen LogP contribution in [0.25, 0.3) is 0 Å². The van der Waals surface area contributed by atoms with Crippen LogP contribution in [0.5, 0.6) is 0 Å². The number of ether oxygens (including phenoxy) is 2. The fourth-order valence-electron chi connectivity index (χ4n) is 11.9. The summed E-state index contributed by atoms with van der Waals surface area (Å²) in [5.41, 5.74) is 0.956. The van der Waals surface area contributed by atoms with E-state index < -0.39 is 36.1 Å². The Bertz CT molecular complexity index is 1160. The molecular formula is C36H58O7. The number of allylic oxidation sites excluding steroid dienone is 2. The maximum atomic E-state index is 14.3. The third-order valence-corrected chi connectivity index (χ3v) is 15.1. The summed E-state index contributed by atoms with van der Waals surface area (Å²) in [6, 6.07) is 0. The van der Waals surface area contributed by atoms with Gasteiger partial charge in [0.25, 0.3) is 0 Å². The maximum absolute atomic E-state index is 14.3. The molecule has 0 spiro atoms. The van der Waals surface area contributed by atoms with Crippen LogP contribution in [0.2, 0.25) is 0 Å². The number of hydrogen-bond donors (Lipinski definition) is 4. The van der Waals surface area contributed by atoms with Crippen LogP contribution in [0.3, 0.4) is 0 Å². The normalized spacial score (nSPS) is 53.8. The third kappa shape index (κ3) is 4.33. The number of fused-ring (bicyclic) bond motifs is 7. The smallest absolute Gasteiger partial charge is 0.315 e. The van der Waals surface area contributed by atoms with Crippen LogP contribution in [-0.2, 0) is 14.3 Å². The van der Waals surface area contributed by atoms with Gasteiger partial charge in [-0.2, -0.15) is 0 Å². The van der Waals surface area contributed by atoms with E-state index in [1.807, 2.05) is 0 Å². The predicted octanol–water partition coefficient (Wildman–Crippen LogP) is 5.52. The van der Waals surface area contributed by atoms with Crippen LogP contribution >= 0.6 is 0 Å². The first-order valence-corrected chi connectivity index (χ1v) is 17.1. The molecule has 13 atom stereocenters. The molecule has 0 bridgehead atoms. The molecule has 4 N–H and O–H groups in total. The lowest BCUT2D eigenvalue weighted by Gasteiger charge is -2.71. The molecule has 0 aromatic carbocycles.